The van der Waals surface area contributed by atoms with Gasteiger partial charge in [-0.15, -0.1) is 0 Å². The molecule has 2 N–H and O–H groups in total. The van der Waals surface area contributed by atoms with Crippen LogP contribution in [0.4, 0.5) is 0 Å². The number of nitrogens with one attached hydrogen (secondary N) is 2. The van der Waals surface area contributed by atoms with Gasteiger partial charge in [0.05, 0.1) is 25.2 Å². The van der Waals surface area contributed by atoms with Crippen LogP contribution >= 0.6 is 0 Å². The highest BCUT2D eigenvalue weighted by atomic mass is 16.5. The second-order valence-corrected chi connectivity index (χ2v) is 8.21. The van der Waals surface area contributed by atoms with E-state index in [9.17, 15) is 9.59 Å². The monoisotopic (exact) mass is 461 g/mol. The summed E-state index contributed by atoms with van der Waals surface area (Å²) >= 11 is 0. The highest BCUT2D eigenvalue weighted by Crippen LogP contribution is 2.27. The number of amides is 1. The van der Waals surface area contributed by atoms with Gasteiger partial charge in [-0.25, -0.2) is 4.98 Å². The van der Waals surface area contributed by atoms with Crippen LogP contribution in [0, 0.1) is 5.41 Å². The van der Waals surface area contributed by atoms with Crippen molar-refractivity contribution in [1.82, 2.24) is 19.3 Å². The largest absolute Gasteiger partial charge is 0.493 e. The van der Waals surface area contributed by atoms with Gasteiger partial charge in [0, 0.05) is 18.8 Å². The minimum absolute atomic E-state index is 0.00157. The molecule has 1 amide bonds. The summed E-state index contributed by atoms with van der Waals surface area (Å²) in [6.45, 7) is 4.03. The van der Waals surface area contributed by atoms with Crippen molar-refractivity contribution < 1.29 is 14.3 Å². The fourth-order valence-electron chi connectivity index (χ4n) is 3.89. The van der Waals surface area contributed by atoms with Gasteiger partial charge in [-0.1, -0.05) is 12.1 Å². The molecule has 9 nitrogen and oxygen atoms in total. The van der Waals surface area contributed by atoms with E-state index in [1.165, 1.54) is 10.5 Å². The Morgan fingerprint density at radius 2 is 1.88 bits per heavy atom. The molecule has 0 aliphatic carbocycles. The summed E-state index contributed by atoms with van der Waals surface area (Å²) in [5, 5.41) is 11.9. The van der Waals surface area contributed by atoms with Gasteiger partial charge in [0.25, 0.3) is 11.5 Å². The molecule has 0 aliphatic heterocycles. The molecule has 0 radical (unpaired) electrons. The number of carbonyl (C=O) groups is 1. The average molecular weight is 462 g/mol. The molecule has 0 saturated carbocycles. The van der Waals surface area contributed by atoms with Gasteiger partial charge < -0.3 is 19.4 Å². The Hall–Kier alpha value is -4.14. The molecule has 0 fully saturated rings. The first-order valence-electron chi connectivity index (χ1n) is 11.0. The van der Waals surface area contributed by atoms with E-state index in [-0.39, 0.29) is 28.0 Å². The number of carbonyl (C=O) groups excluding carboxylic acids is 1. The van der Waals surface area contributed by atoms with Crippen LogP contribution < -0.4 is 25.8 Å². The summed E-state index contributed by atoms with van der Waals surface area (Å²) < 4.78 is 13.8. The van der Waals surface area contributed by atoms with E-state index in [2.05, 4.69) is 10.3 Å². The fourth-order valence-corrected chi connectivity index (χ4v) is 3.89. The van der Waals surface area contributed by atoms with Gasteiger partial charge in [-0.2, -0.15) is 0 Å². The van der Waals surface area contributed by atoms with Crippen molar-refractivity contribution in [3.8, 4) is 11.5 Å². The lowest BCUT2D eigenvalue weighted by molar-refractivity contribution is 0.0940. The van der Waals surface area contributed by atoms with Gasteiger partial charge in [-0.3, -0.25) is 19.4 Å². The van der Waals surface area contributed by atoms with Crippen molar-refractivity contribution in [3.05, 3.63) is 75.6 Å². The Morgan fingerprint density at radius 3 is 2.59 bits per heavy atom. The van der Waals surface area contributed by atoms with Crippen molar-refractivity contribution in [2.24, 2.45) is 0 Å². The number of methoxy groups -OCH3 is 2. The molecule has 0 unspecified atom stereocenters. The minimum atomic E-state index is -0.403. The van der Waals surface area contributed by atoms with Crippen molar-refractivity contribution in [2.75, 3.05) is 14.2 Å². The zero-order valence-electron chi connectivity index (χ0n) is 19.6. The number of hydrogen-bond acceptors (Lipinski definition) is 6. The van der Waals surface area contributed by atoms with Crippen LogP contribution in [0.1, 0.15) is 29.8 Å². The van der Waals surface area contributed by atoms with Crippen LogP contribution in [0.3, 0.4) is 0 Å². The number of fused-ring (bicyclic) bond motifs is 2. The maximum Gasteiger partial charge on any atom is 0.267 e. The minimum Gasteiger partial charge on any atom is -0.493 e. The summed E-state index contributed by atoms with van der Waals surface area (Å²) in [5.41, 5.74) is 1.62. The van der Waals surface area contributed by atoms with Gasteiger partial charge in [0.2, 0.25) is 0 Å². The Labute approximate surface area is 196 Å². The molecule has 0 spiro atoms. The highest BCUT2D eigenvalue weighted by molar-refractivity contribution is 5.97. The molecule has 0 saturated heterocycles. The molecule has 4 rings (SSSR count). The van der Waals surface area contributed by atoms with Crippen LogP contribution in [0.15, 0.2) is 53.5 Å². The normalized spacial score (nSPS) is 11.2. The number of hydrogen-bond donors (Lipinski definition) is 2. The molecule has 3 aromatic heterocycles. The van der Waals surface area contributed by atoms with Crippen molar-refractivity contribution in [3.63, 3.8) is 0 Å². The predicted octanol–water partition coefficient (Wildman–Crippen LogP) is 2.53. The van der Waals surface area contributed by atoms with Crippen LogP contribution in [0.25, 0.3) is 16.7 Å². The Kier molecular flexibility index (Phi) is 6.36. The molecule has 0 aliphatic rings. The standard InChI is InChI=1S/C25H27N5O4/c1-15(2)27-24(31)17-14-18-23(28-21-7-5-6-11-29(21)25(18)32)30(22(17)26)12-10-16-8-9-19(33-3)20(13-16)34-4/h5-9,11,13-15,26H,10,12H2,1-4H3,(H,27,31). The van der Waals surface area contributed by atoms with Crippen LogP contribution in [0.2, 0.25) is 0 Å². The van der Waals surface area contributed by atoms with E-state index >= 15 is 0 Å². The number of nitrogens with zero attached hydrogens (tertiary/aromatic N) is 3. The first-order chi connectivity index (χ1) is 16.3. The maximum atomic E-state index is 13.3. The third-order valence-corrected chi connectivity index (χ3v) is 5.55. The summed E-state index contributed by atoms with van der Waals surface area (Å²) in [6, 6.07) is 12.3. The lowest BCUT2D eigenvalue weighted by Crippen LogP contribution is -2.37. The van der Waals surface area contributed by atoms with Crippen LogP contribution in [-0.4, -0.2) is 40.1 Å². The number of benzene rings is 1. The Bertz CT molecular complexity index is 1500. The van der Waals surface area contributed by atoms with Crippen LogP contribution in [0.5, 0.6) is 11.5 Å². The second-order valence-electron chi connectivity index (χ2n) is 8.21. The van der Waals surface area contributed by atoms with Gasteiger partial charge in [0.15, 0.2) is 11.5 Å². The molecule has 0 bridgehead atoms. The molecule has 1 aromatic carbocycles. The Balaban J connectivity index is 1.88. The third-order valence-electron chi connectivity index (χ3n) is 5.55. The molecular weight excluding hydrogens is 434 g/mol. The van der Waals surface area contributed by atoms with E-state index in [0.29, 0.717) is 35.8 Å². The van der Waals surface area contributed by atoms with E-state index in [0.717, 1.165) is 5.56 Å². The van der Waals surface area contributed by atoms with E-state index in [4.69, 9.17) is 14.9 Å². The molecule has 3 heterocycles. The molecule has 0 atom stereocenters. The number of rotatable bonds is 7. The van der Waals surface area contributed by atoms with E-state index in [1.807, 2.05) is 32.0 Å². The molecule has 34 heavy (non-hydrogen) atoms. The third kappa shape index (κ3) is 4.24. The smallest absolute Gasteiger partial charge is 0.267 e. The van der Waals surface area contributed by atoms with Crippen molar-refractivity contribution in [2.45, 2.75) is 32.9 Å². The van der Waals surface area contributed by atoms with Crippen LogP contribution in [-0.2, 0) is 13.0 Å². The first-order valence-corrected chi connectivity index (χ1v) is 11.0. The number of aryl methyl sites for hydroxylation is 2. The topological polar surface area (TPSA) is 111 Å². The van der Waals surface area contributed by atoms with E-state index in [1.54, 1.807) is 43.2 Å². The lowest BCUT2D eigenvalue weighted by Gasteiger charge is -2.16. The summed E-state index contributed by atoms with van der Waals surface area (Å²) in [6.07, 6.45) is 2.16. The predicted molar refractivity (Wildman–Crippen MR) is 129 cm³/mol. The zero-order valence-corrected chi connectivity index (χ0v) is 19.6. The summed E-state index contributed by atoms with van der Waals surface area (Å²) in [4.78, 5) is 30.8. The summed E-state index contributed by atoms with van der Waals surface area (Å²) in [7, 11) is 3.15. The highest BCUT2D eigenvalue weighted by Gasteiger charge is 2.18. The average Bonchev–Trinajstić information content (AvgIpc) is 2.82. The van der Waals surface area contributed by atoms with Crippen molar-refractivity contribution in [1.29, 1.82) is 5.41 Å². The Morgan fingerprint density at radius 1 is 1.12 bits per heavy atom. The van der Waals surface area contributed by atoms with Gasteiger partial charge in [0.1, 0.15) is 16.8 Å². The number of pyridine rings is 2. The maximum absolute atomic E-state index is 13.3. The summed E-state index contributed by atoms with van der Waals surface area (Å²) in [5.74, 6) is 0.826. The quantitative estimate of drug-likeness (QED) is 0.411. The molecule has 4 aromatic rings. The SMILES string of the molecule is COc1ccc(CCn2c(=N)c(C(=O)NC(C)C)cc3c(=O)n4ccccc4nc32)cc1OC. The zero-order chi connectivity index (χ0) is 24.4. The fraction of sp³-hybridized carbons (Fsp3) is 0.280. The molecule has 176 valence electrons. The lowest BCUT2D eigenvalue weighted by atomic mass is 10.1. The molecule has 9 heteroatoms. The number of aromatic nitrogens is 3. The second kappa shape index (κ2) is 9.38. The number of ether oxygens (including phenoxy) is 2. The van der Waals surface area contributed by atoms with Crippen molar-refractivity contribution >= 4 is 22.6 Å². The van der Waals surface area contributed by atoms with Gasteiger partial charge in [-0.05, 0) is 56.2 Å². The molecular formula is C25H27N5O4. The van der Waals surface area contributed by atoms with E-state index < -0.39 is 5.91 Å². The van der Waals surface area contributed by atoms with Gasteiger partial charge >= 0.3 is 0 Å². The first kappa shape index (κ1) is 23.0.